The maximum Gasteiger partial charge on any atom is 0.339 e. The van der Waals surface area contributed by atoms with Crippen molar-refractivity contribution in [2.75, 3.05) is 39.8 Å². The molecule has 1 aromatic heterocycles. The molecule has 2 heterocycles. The largest absolute Gasteiger partial charge is 0.465 e. The van der Waals surface area contributed by atoms with E-state index in [2.05, 4.69) is 34.2 Å². The van der Waals surface area contributed by atoms with E-state index in [1.807, 2.05) is 36.9 Å². The van der Waals surface area contributed by atoms with Gasteiger partial charge in [0, 0.05) is 38.4 Å². The molecule has 1 aliphatic rings. The number of nitrogens with one attached hydrogen (secondary N) is 1. The number of aryl methyl sites for hydroxylation is 1. The molecule has 160 valence electrons. The number of carbonyl (C=O) groups excluding carboxylic acids is 2. The van der Waals surface area contributed by atoms with E-state index in [9.17, 15) is 9.59 Å². The molecule has 1 fully saturated rings. The van der Waals surface area contributed by atoms with Crippen molar-refractivity contribution in [1.29, 1.82) is 0 Å². The van der Waals surface area contributed by atoms with E-state index in [-0.39, 0.29) is 11.9 Å². The molecule has 2 aromatic rings. The molecule has 6 nitrogen and oxygen atoms in total. The van der Waals surface area contributed by atoms with E-state index in [0.29, 0.717) is 36.5 Å². The second-order valence-corrected chi connectivity index (χ2v) is 7.63. The Morgan fingerprint density at radius 1 is 1.13 bits per heavy atom. The molecule has 1 amide bonds. The first-order valence-corrected chi connectivity index (χ1v) is 10.6. The third-order valence-corrected chi connectivity index (χ3v) is 5.53. The number of piperazine rings is 1. The molecule has 0 atom stereocenters. The number of rotatable bonds is 7. The predicted octanol–water partition coefficient (Wildman–Crippen LogP) is 3.53. The van der Waals surface area contributed by atoms with Crippen LogP contribution >= 0.6 is 0 Å². The highest BCUT2D eigenvalue weighted by Gasteiger charge is 2.29. The van der Waals surface area contributed by atoms with Gasteiger partial charge in [0.2, 0.25) is 0 Å². The van der Waals surface area contributed by atoms with Crippen molar-refractivity contribution >= 4 is 18.0 Å². The normalized spacial score (nSPS) is 15.0. The van der Waals surface area contributed by atoms with Gasteiger partial charge in [0.25, 0.3) is 5.91 Å². The van der Waals surface area contributed by atoms with Crippen molar-refractivity contribution in [3.05, 3.63) is 64.5 Å². The molecular formula is C24H31N3O3. The molecule has 1 aromatic carbocycles. The lowest BCUT2D eigenvalue weighted by molar-refractivity contribution is 0.0599. The molecule has 0 aliphatic carbocycles. The van der Waals surface area contributed by atoms with Crippen molar-refractivity contribution in [3.8, 4) is 0 Å². The van der Waals surface area contributed by atoms with Gasteiger partial charge in [0.15, 0.2) is 0 Å². The van der Waals surface area contributed by atoms with Crippen molar-refractivity contribution in [3.63, 3.8) is 0 Å². The minimum absolute atomic E-state index is 0.0313. The number of hydrogen-bond acceptors (Lipinski definition) is 4. The van der Waals surface area contributed by atoms with Crippen LogP contribution < -0.4 is 0 Å². The Kier molecular flexibility index (Phi) is 7.46. The molecule has 0 unspecified atom stereocenters. The monoisotopic (exact) mass is 409 g/mol. The Labute approximate surface area is 178 Å². The van der Waals surface area contributed by atoms with E-state index in [1.165, 1.54) is 12.7 Å². The second-order valence-electron chi connectivity index (χ2n) is 7.63. The van der Waals surface area contributed by atoms with Gasteiger partial charge in [-0.1, -0.05) is 55.8 Å². The first-order valence-electron chi connectivity index (χ1n) is 10.6. The number of methoxy groups -OCH3 is 1. The minimum Gasteiger partial charge on any atom is -0.465 e. The van der Waals surface area contributed by atoms with E-state index in [0.717, 1.165) is 31.6 Å². The van der Waals surface area contributed by atoms with Gasteiger partial charge in [0.05, 0.1) is 12.7 Å². The molecule has 0 saturated carbocycles. The fraction of sp³-hybridized carbons (Fsp3) is 0.417. The van der Waals surface area contributed by atoms with Crippen molar-refractivity contribution in [2.45, 2.75) is 26.7 Å². The number of esters is 1. The number of nitrogens with zero attached hydrogens (tertiary/aromatic N) is 2. The molecule has 6 heteroatoms. The second kappa shape index (κ2) is 10.3. The maximum absolute atomic E-state index is 13.2. The Morgan fingerprint density at radius 3 is 2.47 bits per heavy atom. The summed E-state index contributed by atoms with van der Waals surface area (Å²) in [4.78, 5) is 32.8. The van der Waals surface area contributed by atoms with Crippen LogP contribution in [0.1, 0.15) is 51.0 Å². The number of aromatic nitrogens is 1. The average Bonchev–Trinajstić information content (AvgIpc) is 3.10. The summed E-state index contributed by atoms with van der Waals surface area (Å²) in [6.45, 7) is 7.74. The summed E-state index contributed by atoms with van der Waals surface area (Å²) in [5.41, 5.74) is 3.70. The Balaban J connectivity index is 1.62. The van der Waals surface area contributed by atoms with Gasteiger partial charge in [-0.3, -0.25) is 9.69 Å². The van der Waals surface area contributed by atoms with Crippen LogP contribution in [-0.2, 0) is 11.2 Å². The van der Waals surface area contributed by atoms with E-state index >= 15 is 0 Å². The van der Waals surface area contributed by atoms with Crippen molar-refractivity contribution in [1.82, 2.24) is 14.8 Å². The highest BCUT2D eigenvalue weighted by atomic mass is 16.5. The van der Waals surface area contributed by atoms with Crippen LogP contribution in [0.25, 0.3) is 6.08 Å². The zero-order chi connectivity index (χ0) is 21.5. The lowest BCUT2D eigenvalue weighted by Gasteiger charge is -2.34. The zero-order valence-corrected chi connectivity index (χ0v) is 18.1. The van der Waals surface area contributed by atoms with Gasteiger partial charge in [-0.15, -0.1) is 0 Å². The van der Waals surface area contributed by atoms with Crippen LogP contribution in [0.4, 0.5) is 0 Å². The summed E-state index contributed by atoms with van der Waals surface area (Å²) < 4.78 is 4.93. The Hall–Kier alpha value is -2.86. The highest BCUT2D eigenvalue weighted by molar-refractivity contribution is 6.00. The molecule has 1 saturated heterocycles. The van der Waals surface area contributed by atoms with Gasteiger partial charge in [-0.05, 0) is 24.5 Å². The predicted molar refractivity (Wildman–Crippen MR) is 119 cm³/mol. The topological polar surface area (TPSA) is 65.6 Å². The van der Waals surface area contributed by atoms with E-state index in [1.54, 1.807) is 0 Å². The number of carbonyl (C=O) groups is 2. The summed E-state index contributed by atoms with van der Waals surface area (Å²) in [6, 6.07) is 10.2. The Morgan fingerprint density at radius 2 is 1.83 bits per heavy atom. The molecular weight excluding hydrogens is 378 g/mol. The quantitative estimate of drug-likeness (QED) is 0.711. The zero-order valence-electron chi connectivity index (χ0n) is 18.1. The number of ether oxygens (including phenoxy) is 1. The fourth-order valence-electron chi connectivity index (χ4n) is 3.93. The van der Waals surface area contributed by atoms with Crippen LogP contribution in [0.15, 0.2) is 36.4 Å². The van der Waals surface area contributed by atoms with E-state index < -0.39 is 0 Å². The van der Waals surface area contributed by atoms with Crippen LogP contribution in [0, 0.1) is 6.92 Å². The average molecular weight is 410 g/mol. The molecule has 0 bridgehead atoms. The molecule has 30 heavy (non-hydrogen) atoms. The van der Waals surface area contributed by atoms with Crippen LogP contribution in [0.3, 0.4) is 0 Å². The fourth-order valence-corrected chi connectivity index (χ4v) is 3.93. The van der Waals surface area contributed by atoms with Crippen LogP contribution in [0.5, 0.6) is 0 Å². The summed E-state index contributed by atoms with van der Waals surface area (Å²) in [5.74, 6) is -0.419. The number of aromatic amines is 1. The maximum atomic E-state index is 13.2. The van der Waals surface area contributed by atoms with Gasteiger partial charge in [0.1, 0.15) is 5.69 Å². The van der Waals surface area contributed by atoms with Gasteiger partial charge in [-0.25, -0.2) is 4.79 Å². The first-order chi connectivity index (χ1) is 14.5. The van der Waals surface area contributed by atoms with Crippen LogP contribution in [-0.4, -0.2) is 66.5 Å². The molecule has 0 radical (unpaired) electrons. The van der Waals surface area contributed by atoms with E-state index in [4.69, 9.17) is 4.74 Å². The Bertz CT molecular complexity index is 894. The summed E-state index contributed by atoms with van der Waals surface area (Å²) in [6.07, 6.45) is 5.82. The SMILES string of the molecule is CCCc1c(C(=O)N2CCN(C/C=C/c3ccccc3)CC2)[nH]c(C)c1C(=O)OC. The lowest BCUT2D eigenvalue weighted by atomic mass is 10.0. The number of benzene rings is 1. The van der Waals surface area contributed by atoms with Gasteiger partial charge >= 0.3 is 5.97 Å². The standard InChI is InChI=1S/C24H31N3O3/c1-4-9-20-21(24(29)30-3)18(2)25-22(20)23(28)27-16-14-26(15-17-27)13-8-12-19-10-6-5-7-11-19/h5-8,10-12,25H,4,9,13-17H2,1-3H3/b12-8+. The molecule has 1 N–H and O–H groups in total. The van der Waals surface area contributed by atoms with Gasteiger partial charge < -0.3 is 14.6 Å². The summed E-state index contributed by atoms with van der Waals surface area (Å²) in [7, 11) is 1.37. The highest BCUT2D eigenvalue weighted by Crippen LogP contribution is 2.23. The number of amides is 1. The van der Waals surface area contributed by atoms with Crippen molar-refractivity contribution < 1.29 is 14.3 Å². The van der Waals surface area contributed by atoms with Gasteiger partial charge in [-0.2, -0.15) is 0 Å². The first kappa shape index (κ1) is 21.8. The number of H-pyrrole nitrogens is 1. The third kappa shape index (κ3) is 5.00. The van der Waals surface area contributed by atoms with Crippen molar-refractivity contribution in [2.24, 2.45) is 0 Å². The minimum atomic E-state index is -0.388. The van der Waals surface area contributed by atoms with Crippen LogP contribution in [0.2, 0.25) is 0 Å². The molecule has 0 spiro atoms. The smallest absolute Gasteiger partial charge is 0.339 e. The molecule has 1 aliphatic heterocycles. The number of hydrogen-bond donors (Lipinski definition) is 1. The summed E-state index contributed by atoms with van der Waals surface area (Å²) in [5, 5.41) is 0. The molecule has 3 rings (SSSR count). The third-order valence-electron chi connectivity index (χ3n) is 5.53. The summed E-state index contributed by atoms with van der Waals surface area (Å²) >= 11 is 0. The lowest BCUT2D eigenvalue weighted by Crippen LogP contribution is -2.48.